The van der Waals surface area contributed by atoms with Crippen molar-refractivity contribution >= 4 is 11.8 Å². The van der Waals surface area contributed by atoms with Gasteiger partial charge in [-0.3, -0.25) is 14.5 Å². The molecule has 106 valence electrons. The maximum absolute atomic E-state index is 12.9. The van der Waals surface area contributed by atoms with Crippen molar-refractivity contribution in [3.05, 3.63) is 0 Å². The predicted octanol–water partition coefficient (Wildman–Crippen LogP) is 2.99. The summed E-state index contributed by atoms with van der Waals surface area (Å²) in [7, 11) is 0. The molecule has 19 heavy (non-hydrogen) atoms. The number of carbonyl (C=O) groups is 2. The fraction of sp³-hybridized carbons (Fsp3) is 0.875. The Balaban J connectivity index is 1.84. The van der Waals surface area contributed by atoms with Gasteiger partial charge in [0.15, 0.2) is 0 Å². The van der Waals surface area contributed by atoms with Crippen LogP contribution in [-0.2, 0) is 9.59 Å². The molecular weight excluding hydrogens is 238 g/mol. The van der Waals surface area contributed by atoms with Crippen molar-refractivity contribution in [2.45, 2.75) is 58.8 Å². The average Bonchev–Trinajstić information content (AvgIpc) is 2.33. The Labute approximate surface area is 115 Å². The van der Waals surface area contributed by atoms with Crippen molar-refractivity contribution in [2.24, 2.45) is 23.2 Å². The zero-order valence-corrected chi connectivity index (χ0v) is 12.2. The summed E-state index contributed by atoms with van der Waals surface area (Å²) in [5, 5.41) is 0. The first-order valence-electron chi connectivity index (χ1n) is 7.86. The van der Waals surface area contributed by atoms with E-state index in [1.54, 1.807) is 0 Å². The van der Waals surface area contributed by atoms with E-state index in [1.165, 1.54) is 31.1 Å². The number of imide groups is 1. The second kappa shape index (κ2) is 4.60. The molecule has 3 heteroatoms. The molecule has 0 aromatic rings. The van der Waals surface area contributed by atoms with Crippen molar-refractivity contribution < 1.29 is 9.59 Å². The summed E-state index contributed by atoms with van der Waals surface area (Å²) in [6, 6.07) is 0. The quantitative estimate of drug-likeness (QED) is 0.785. The molecule has 4 fully saturated rings. The van der Waals surface area contributed by atoms with Gasteiger partial charge in [-0.1, -0.05) is 6.92 Å². The molecule has 0 spiro atoms. The van der Waals surface area contributed by atoms with Crippen LogP contribution in [0.4, 0.5) is 0 Å². The smallest absolute Gasteiger partial charge is 0.235 e. The Kier molecular flexibility index (Phi) is 3.18. The van der Waals surface area contributed by atoms with E-state index in [1.807, 2.05) is 6.92 Å². The number of amides is 2. The standard InChI is InChI=1S/C16H25NO2/c1-3-4-17(11(2)18)15(19)16-8-12-5-13(9-16)7-14(6-12)10-16/h12-14H,3-10H2,1-2H3. The first-order chi connectivity index (χ1) is 9.04. The summed E-state index contributed by atoms with van der Waals surface area (Å²) >= 11 is 0. The van der Waals surface area contributed by atoms with Crippen molar-refractivity contribution in [1.82, 2.24) is 4.90 Å². The van der Waals surface area contributed by atoms with Crippen molar-refractivity contribution in [1.29, 1.82) is 0 Å². The Morgan fingerprint density at radius 1 is 1.05 bits per heavy atom. The van der Waals surface area contributed by atoms with Crippen LogP contribution in [0, 0.1) is 23.2 Å². The molecule has 2 amide bonds. The van der Waals surface area contributed by atoms with Gasteiger partial charge in [-0.2, -0.15) is 0 Å². The minimum Gasteiger partial charge on any atom is -0.282 e. The van der Waals surface area contributed by atoms with Crippen LogP contribution in [-0.4, -0.2) is 23.3 Å². The SMILES string of the molecule is CCCN(C(C)=O)C(=O)C12CC3CC(CC(C3)C1)C2. The zero-order chi connectivity index (χ0) is 13.6. The molecule has 4 saturated carbocycles. The lowest BCUT2D eigenvalue weighted by atomic mass is 9.49. The lowest BCUT2D eigenvalue weighted by molar-refractivity contribution is -0.162. The highest BCUT2D eigenvalue weighted by molar-refractivity contribution is 5.97. The minimum absolute atomic E-state index is 0.0670. The van der Waals surface area contributed by atoms with Crippen molar-refractivity contribution in [3.8, 4) is 0 Å². The lowest BCUT2D eigenvalue weighted by Gasteiger charge is -2.56. The average molecular weight is 263 g/mol. The van der Waals surface area contributed by atoms with E-state index < -0.39 is 0 Å². The highest BCUT2D eigenvalue weighted by Gasteiger charge is 2.55. The normalized spacial score (nSPS) is 39.4. The Hall–Kier alpha value is -0.860. The highest BCUT2D eigenvalue weighted by Crippen LogP contribution is 2.60. The first kappa shape index (κ1) is 13.1. The maximum atomic E-state index is 12.9. The van der Waals surface area contributed by atoms with Gasteiger partial charge in [-0.25, -0.2) is 0 Å². The highest BCUT2D eigenvalue weighted by atomic mass is 16.2. The van der Waals surface area contributed by atoms with Crippen molar-refractivity contribution in [2.75, 3.05) is 6.54 Å². The van der Waals surface area contributed by atoms with E-state index in [2.05, 4.69) is 0 Å². The van der Waals surface area contributed by atoms with Gasteiger partial charge in [0, 0.05) is 13.5 Å². The van der Waals surface area contributed by atoms with Crippen LogP contribution in [0.15, 0.2) is 0 Å². The molecule has 0 saturated heterocycles. The molecule has 4 aliphatic rings. The fourth-order valence-corrected chi connectivity index (χ4v) is 5.28. The molecule has 0 unspecified atom stereocenters. The van der Waals surface area contributed by atoms with Crippen LogP contribution in [0.3, 0.4) is 0 Å². The fourth-order valence-electron chi connectivity index (χ4n) is 5.28. The van der Waals surface area contributed by atoms with Gasteiger partial charge < -0.3 is 0 Å². The molecule has 0 aromatic heterocycles. The molecule has 3 nitrogen and oxygen atoms in total. The summed E-state index contributed by atoms with van der Waals surface area (Å²) < 4.78 is 0. The molecule has 4 aliphatic carbocycles. The third kappa shape index (κ3) is 2.11. The summed E-state index contributed by atoms with van der Waals surface area (Å²) in [5.41, 5.74) is -0.171. The number of rotatable bonds is 3. The molecule has 0 radical (unpaired) electrons. The van der Waals surface area contributed by atoms with Crippen LogP contribution in [0.2, 0.25) is 0 Å². The van der Waals surface area contributed by atoms with Crippen LogP contribution >= 0.6 is 0 Å². The van der Waals surface area contributed by atoms with E-state index in [0.29, 0.717) is 6.54 Å². The molecule has 0 atom stereocenters. The predicted molar refractivity (Wildman–Crippen MR) is 73.3 cm³/mol. The molecular formula is C16H25NO2. The van der Waals surface area contributed by atoms with E-state index in [4.69, 9.17) is 0 Å². The third-order valence-corrected chi connectivity index (χ3v) is 5.56. The van der Waals surface area contributed by atoms with Crippen LogP contribution < -0.4 is 0 Å². The Bertz CT molecular complexity index is 366. The second-order valence-electron chi connectivity index (χ2n) is 7.17. The number of carbonyl (C=O) groups excluding carboxylic acids is 2. The molecule has 0 aliphatic heterocycles. The van der Waals surface area contributed by atoms with Gasteiger partial charge in [0.1, 0.15) is 0 Å². The monoisotopic (exact) mass is 263 g/mol. The number of hydrogen-bond donors (Lipinski definition) is 0. The van der Waals surface area contributed by atoms with E-state index in [0.717, 1.165) is 43.4 Å². The van der Waals surface area contributed by atoms with Gasteiger partial charge >= 0.3 is 0 Å². The molecule has 4 bridgehead atoms. The lowest BCUT2D eigenvalue weighted by Crippen LogP contribution is -2.55. The van der Waals surface area contributed by atoms with Gasteiger partial charge in [0.05, 0.1) is 5.41 Å². The van der Waals surface area contributed by atoms with Crippen LogP contribution in [0.25, 0.3) is 0 Å². The third-order valence-electron chi connectivity index (χ3n) is 5.56. The largest absolute Gasteiger partial charge is 0.282 e. The van der Waals surface area contributed by atoms with E-state index in [-0.39, 0.29) is 17.2 Å². The topological polar surface area (TPSA) is 37.4 Å². The number of nitrogens with zero attached hydrogens (tertiary/aromatic N) is 1. The summed E-state index contributed by atoms with van der Waals surface area (Å²) in [4.78, 5) is 26.2. The maximum Gasteiger partial charge on any atom is 0.235 e. The van der Waals surface area contributed by atoms with Gasteiger partial charge in [0.2, 0.25) is 11.8 Å². The van der Waals surface area contributed by atoms with Crippen molar-refractivity contribution in [3.63, 3.8) is 0 Å². The second-order valence-corrected chi connectivity index (χ2v) is 7.17. The first-order valence-corrected chi connectivity index (χ1v) is 7.86. The minimum atomic E-state index is -0.171. The van der Waals surface area contributed by atoms with Crippen LogP contribution in [0.5, 0.6) is 0 Å². The van der Waals surface area contributed by atoms with Gasteiger partial charge in [0.25, 0.3) is 0 Å². The van der Waals surface area contributed by atoms with Gasteiger partial charge in [-0.15, -0.1) is 0 Å². The van der Waals surface area contributed by atoms with Crippen LogP contribution in [0.1, 0.15) is 58.8 Å². The zero-order valence-electron chi connectivity index (χ0n) is 12.2. The molecule has 0 aromatic carbocycles. The summed E-state index contributed by atoms with van der Waals surface area (Å²) in [5.74, 6) is 2.35. The number of hydrogen-bond acceptors (Lipinski definition) is 2. The van der Waals surface area contributed by atoms with Gasteiger partial charge in [-0.05, 0) is 62.7 Å². The van der Waals surface area contributed by atoms with E-state index in [9.17, 15) is 9.59 Å². The summed E-state index contributed by atoms with van der Waals surface area (Å²) in [6.07, 6.45) is 8.00. The van der Waals surface area contributed by atoms with E-state index >= 15 is 0 Å². The summed E-state index contributed by atoms with van der Waals surface area (Å²) in [6.45, 7) is 4.16. The Morgan fingerprint density at radius 3 is 1.89 bits per heavy atom. The molecule has 0 heterocycles. The molecule has 4 rings (SSSR count). The molecule has 0 N–H and O–H groups in total. The Morgan fingerprint density at radius 2 is 1.53 bits per heavy atom.